The average Bonchev–Trinajstić information content (AvgIpc) is 3.62. The van der Waals surface area contributed by atoms with Gasteiger partial charge in [-0.1, -0.05) is 0 Å². The Kier molecular flexibility index (Phi) is 6.27. The number of likely N-dealkylation sites (tertiary alicyclic amines) is 1. The van der Waals surface area contributed by atoms with E-state index >= 15 is 0 Å². The molecule has 1 spiro atoms. The van der Waals surface area contributed by atoms with E-state index in [0.29, 0.717) is 34.6 Å². The van der Waals surface area contributed by atoms with Crippen LogP contribution in [0.1, 0.15) is 64.2 Å². The molecule has 5 heterocycles. The van der Waals surface area contributed by atoms with Gasteiger partial charge in [0.05, 0.1) is 39.3 Å². The molecule has 2 amide bonds. The number of thiazole rings is 1. The van der Waals surface area contributed by atoms with E-state index in [1.165, 1.54) is 43.4 Å². The number of fused-ring (bicyclic) bond motifs is 1. The molecule has 0 unspecified atom stereocenters. The summed E-state index contributed by atoms with van der Waals surface area (Å²) in [6, 6.07) is 1.69. The fraction of sp³-hybridized carbons (Fsp3) is 0.444. The second-order valence-corrected chi connectivity index (χ2v) is 11.5. The molecule has 11 heteroatoms. The van der Waals surface area contributed by atoms with Crippen molar-refractivity contribution in [2.75, 3.05) is 25.0 Å². The molecule has 4 aromatic heterocycles. The maximum absolute atomic E-state index is 13.2. The lowest BCUT2D eigenvalue weighted by atomic mass is 9.75. The molecule has 10 nitrogen and oxygen atoms in total. The third-order valence-corrected chi connectivity index (χ3v) is 9.15. The Labute approximate surface area is 225 Å². The van der Waals surface area contributed by atoms with Crippen LogP contribution < -0.4 is 10.6 Å². The fourth-order valence-corrected chi connectivity index (χ4v) is 6.90. The van der Waals surface area contributed by atoms with Crippen molar-refractivity contribution < 1.29 is 9.59 Å². The zero-order valence-electron chi connectivity index (χ0n) is 22.0. The van der Waals surface area contributed by atoms with E-state index in [1.54, 1.807) is 27.7 Å². The standard InChI is InChI=1S/C27H32N8O2S/c1-17-21(15-33(3)32-17)23-16-35-26(38-23)20(14-30-35)25(37)31-22-12-19(13-29-18(22)2)24(36)28-9-11-34-10-5-8-27(34)6-4-7-27/h12-16H,4-11H2,1-3H3,(H,28,36)(H,31,37). The highest BCUT2D eigenvalue weighted by Gasteiger charge is 2.44. The molecule has 0 atom stereocenters. The van der Waals surface area contributed by atoms with Crippen molar-refractivity contribution >= 4 is 33.7 Å². The van der Waals surface area contributed by atoms with Crippen molar-refractivity contribution in [2.24, 2.45) is 7.05 Å². The van der Waals surface area contributed by atoms with Gasteiger partial charge in [-0.25, -0.2) is 4.52 Å². The van der Waals surface area contributed by atoms with Gasteiger partial charge in [-0.2, -0.15) is 10.2 Å². The van der Waals surface area contributed by atoms with E-state index in [9.17, 15) is 9.59 Å². The maximum Gasteiger partial charge on any atom is 0.260 e. The van der Waals surface area contributed by atoms with Gasteiger partial charge in [-0.15, -0.1) is 11.3 Å². The smallest absolute Gasteiger partial charge is 0.260 e. The van der Waals surface area contributed by atoms with Crippen molar-refractivity contribution in [3.8, 4) is 10.4 Å². The molecule has 38 heavy (non-hydrogen) atoms. The Bertz CT molecular complexity index is 1530. The minimum atomic E-state index is -0.293. The molecule has 4 aromatic rings. The molecule has 0 bridgehead atoms. The molecule has 0 radical (unpaired) electrons. The highest BCUT2D eigenvalue weighted by atomic mass is 32.1. The number of aromatic nitrogens is 5. The number of hydrogen-bond donors (Lipinski definition) is 2. The summed E-state index contributed by atoms with van der Waals surface area (Å²) >= 11 is 1.49. The molecule has 6 rings (SSSR count). The first-order valence-corrected chi connectivity index (χ1v) is 13.9. The van der Waals surface area contributed by atoms with Gasteiger partial charge < -0.3 is 10.6 Å². The van der Waals surface area contributed by atoms with Crippen LogP contribution in [0.5, 0.6) is 0 Å². The molecular formula is C27H32N8O2S. The zero-order valence-corrected chi connectivity index (χ0v) is 22.8. The average molecular weight is 533 g/mol. The highest BCUT2D eigenvalue weighted by Crippen LogP contribution is 2.45. The minimum absolute atomic E-state index is 0.183. The highest BCUT2D eigenvalue weighted by molar-refractivity contribution is 7.21. The first kappa shape index (κ1) is 24.7. The maximum atomic E-state index is 13.2. The van der Waals surface area contributed by atoms with Gasteiger partial charge in [0.25, 0.3) is 11.8 Å². The summed E-state index contributed by atoms with van der Waals surface area (Å²) in [5, 5.41) is 14.8. The number of carbonyl (C=O) groups excluding carboxylic acids is 2. The third kappa shape index (κ3) is 4.39. The molecule has 2 N–H and O–H groups in total. The molecule has 1 saturated carbocycles. The summed E-state index contributed by atoms with van der Waals surface area (Å²) in [7, 11) is 1.89. The van der Waals surface area contributed by atoms with E-state index in [1.807, 2.05) is 33.3 Å². The second-order valence-electron chi connectivity index (χ2n) is 10.4. The summed E-state index contributed by atoms with van der Waals surface area (Å²) in [6.45, 7) is 6.36. The van der Waals surface area contributed by atoms with Crippen molar-refractivity contribution in [2.45, 2.75) is 51.5 Å². The molecule has 1 aliphatic heterocycles. The van der Waals surface area contributed by atoms with Crippen molar-refractivity contribution in [1.82, 2.24) is 34.6 Å². The lowest BCUT2D eigenvalue weighted by Crippen LogP contribution is -2.51. The van der Waals surface area contributed by atoms with E-state index in [-0.39, 0.29) is 11.8 Å². The monoisotopic (exact) mass is 532 g/mol. The lowest BCUT2D eigenvalue weighted by molar-refractivity contribution is 0.0561. The zero-order chi connectivity index (χ0) is 26.4. The van der Waals surface area contributed by atoms with Gasteiger partial charge in [0, 0.05) is 49.8 Å². The summed E-state index contributed by atoms with van der Waals surface area (Å²) in [5.74, 6) is -0.476. The number of nitrogens with zero attached hydrogens (tertiary/aromatic N) is 6. The normalized spacial score (nSPS) is 16.7. The van der Waals surface area contributed by atoms with Crippen molar-refractivity contribution in [3.63, 3.8) is 0 Å². The van der Waals surface area contributed by atoms with Crippen molar-refractivity contribution in [3.05, 3.63) is 53.4 Å². The van der Waals surface area contributed by atoms with Gasteiger partial charge >= 0.3 is 0 Å². The first-order valence-electron chi connectivity index (χ1n) is 13.1. The predicted octanol–water partition coefficient (Wildman–Crippen LogP) is 3.81. The molecule has 2 aliphatic rings. The summed E-state index contributed by atoms with van der Waals surface area (Å²) in [6.07, 6.45) is 13.4. The van der Waals surface area contributed by atoms with Crippen molar-refractivity contribution in [1.29, 1.82) is 0 Å². The van der Waals surface area contributed by atoms with Crippen LogP contribution in [0.3, 0.4) is 0 Å². The summed E-state index contributed by atoms with van der Waals surface area (Å²) in [5.41, 5.74) is 4.37. The Morgan fingerprint density at radius 1 is 1.08 bits per heavy atom. The molecule has 1 aliphatic carbocycles. The Hall–Kier alpha value is -3.57. The van der Waals surface area contributed by atoms with Crippen LogP contribution in [0, 0.1) is 13.8 Å². The molecule has 1 saturated heterocycles. The minimum Gasteiger partial charge on any atom is -0.351 e. The number of anilines is 1. The van der Waals surface area contributed by atoms with Gasteiger partial charge in [-0.3, -0.25) is 24.2 Å². The van der Waals surface area contributed by atoms with Crippen LogP contribution in [0.4, 0.5) is 5.69 Å². The van der Waals surface area contributed by atoms with Crippen LogP contribution in [0.2, 0.25) is 0 Å². The SMILES string of the molecule is Cc1ncc(C(=O)NCCN2CCCC23CCC3)cc1NC(=O)c1cnn2cc(-c3cn(C)nc3C)sc12. The Balaban J connectivity index is 1.13. The largest absolute Gasteiger partial charge is 0.351 e. The second kappa shape index (κ2) is 9.63. The fourth-order valence-electron chi connectivity index (χ4n) is 5.78. The number of rotatable bonds is 7. The number of nitrogens with one attached hydrogen (secondary N) is 2. The topological polar surface area (TPSA) is 109 Å². The van der Waals surface area contributed by atoms with Gasteiger partial charge in [0.1, 0.15) is 4.83 Å². The van der Waals surface area contributed by atoms with Gasteiger partial charge in [0.15, 0.2) is 0 Å². The van der Waals surface area contributed by atoms with E-state index < -0.39 is 0 Å². The molecule has 2 fully saturated rings. The first-order chi connectivity index (χ1) is 18.3. The summed E-state index contributed by atoms with van der Waals surface area (Å²) < 4.78 is 3.49. The Morgan fingerprint density at radius 2 is 1.89 bits per heavy atom. The molecule has 0 aromatic carbocycles. The number of aryl methyl sites for hydroxylation is 3. The van der Waals surface area contributed by atoms with Gasteiger partial charge in [-0.05, 0) is 58.6 Å². The molecule has 198 valence electrons. The van der Waals surface area contributed by atoms with Crippen LogP contribution in [-0.4, -0.2) is 66.3 Å². The van der Waals surface area contributed by atoms with E-state index in [2.05, 4.69) is 30.7 Å². The Morgan fingerprint density at radius 3 is 2.63 bits per heavy atom. The van der Waals surface area contributed by atoms with Gasteiger partial charge in [0.2, 0.25) is 0 Å². The quantitative estimate of drug-likeness (QED) is 0.375. The van der Waals surface area contributed by atoms with Crippen LogP contribution in [0.15, 0.2) is 30.9 Å². The molecular weight excluding hydrogens is 500 g/mol. The van der Waals surface area contributed by atoms with E-state index in [0.717, 1.165) is 34.1 Å². The van der Waals surface area contributed by atoms with Crippen LogP contribution >= 0.6 is 11.3 Å². The third-order valence-electron chi connectivity index (χ3n) is 8.01. The number of amides is 2. The lowest BCUT2D eigenvalue weighted by Gasteiger charge is -2.46. The van der Waals surface area contributed by atoms with Crippen LogP contribution in [-0.2, 0) is 7.05 Å². The van der Waals surface area contributed by atoms with Crippen LogP contribution in [0.25, 0.3) is 15.3 Å². The number of hydrogen-bond acceptors (Lipinski definition) is 7. The number of pyridine rings is 1. The predicted molar refractivity (Wildman–Crippen MR) is 147 cm³/mol. The summed E-state index contributed by atoms with van der Waals surface area (Å²) in [4.78, 5) is 34.8. The number of carbonyl (C=O) groups is 2. The van der Waals surface area contributed by atoms with E-state index in [4.69, 9.17) is 0 Å².